The van der Waals surface area contributed by atoms with Crippen LogP contribution in [-0.4, -0.2) is 13.4 Å². The van der Waals surface area contributed by atoms with Gasteiger partial charge in [0.15, 0.2) is 0 Å². The van der Waals surface area contributed by atoms with E-state index in [1.165, 1.54) is 17.7 Å². The summed E-state index contributed by atoms with van der Waals surface area (Å²) in [4.78, 5) is 4.17. The maximum atomic E-state index is 12.4. The van der Waals surface area contributed by atoms with E-state index < -0.39 is 10.0 Å². The highest BCUT2D eigenvalue weighted by Crippen LogP contribution is 2.23. The van der Waals surface area contributed by atoms with Gasteiger partial charge in [-0.1, -0.05) is 42.8 Å². The number of halogens is 1. The number of nitrogens with one attached hydrogen (secondary N) is 2. The zero-order valence-corrected chi connectivity index (χ0v) is 15.7. The van der Waals surface area contributed by atoms with Gasteiger partial charge in [-0.3, -0.25) is 4.72 Å². The highest BCUT2D eigenvalue weighted by molar-refractivity contribution is 7.92. The highest BCUT2D eigenvalue weighted by atomic mass is 35.5. The normalized spacial score (nSPS) is 11.2. The van der Waals surface area contributed by atoms with Crippen molar-refractivity contribution in [2.45, 2.75) is 18.2 Å². The molecule has 2 N–H and O–H groups in total. The molecule has 0 amide bonds. The fourth-order valence-corrected chi connectivity index (χ4v) is 3.90. The molecule has 0 radical (unpaired) electrons. The first kappa shape index (κ1) is 18.2. The van der Waals surface area contributed by atoms with Crippen molar-refractivity contribution in [2.75, 3.05) is 10.0 Å². The van der Waals surface area contributed by atoms with Gasteiger partial charge in [0.1, 0.15) is 10.7 Å². The van der Waals surface area contributed by atoms with E-state index in [9.17, 15) is 8.42 Å². The summed E-state index contributed by atoms with van der Waals surface area (Å²) in [7, 11) is -3.79. The zero-order chi connectivity index (χ0) is 18.6. The van der Waals surface area contributed by atoms with Crippen LogP contribution in [0.15, 0.2) is 71.8 Å². The number of benzene rings is 2. The van der Waals surface area contributed by atoms with Gasteiger partial charge >= 0.3 is 0 Å². The van der Waals surface area contributed by atoms with Gasteiger partial charge in [0.2, 0.25) is 0 Å². The quantitative estimate of drug-likeness (QED) is 0.634. The lowest BCUT2D eigenvalue weighted by Crippen LogP contribution is -2.14. The van der Waals surface area contributed by atoms with Crippen molar-refractivity contribution < 1.29 is 8.42 Å². The third-order valence-electron chi connectivity index (χ3n) is 3.78. The summed E-state index contributed by atoms with van der Waals surface area (Å²) in [5, 5.41) is 3.39. The number of sulfonamides is 1. The van der Waals surface area contributed by atoms with E-state index in [-0.39, 0.29) is 15.7 Å². The second kappa shape index (κ2) is 7.76. The molecule has 1 aromatic heterocycles. The average Bonchev–Trinajstić information content (AvgIpc) is 2.64. The standard InChI is InChI=1S/C19H18ClN3O2S/c1-2-14-7-9-15(10-8-14)22-16-11-12-19(21-13-16)23-26(24,25)18-6-4-3-5-17(18)20/h3-13,22H,2H2,1H3,(H,21,23). The third-order valence-corrected chi connectivity index (χ3v) is 5.63. The fourth-order valence-electron chi connectivity index (χ4n) is 2.37. The maximum Gasteiger partial charge on any atom is 0.264 e. The molecule has 2 aromatic carbocycles. The van der Waals surface area contributed by atoms with E-state index in [0.717, 1.165) is 17.8 Å². The first-order valence-electron chi connectivity index (χ1n) is 8.07. The minimum Gasteiger partial charge on any atom is -0.354 e. The number of hydrogen-bond donors (Lipinski definition) is 2. The molecular weight excluding hydrogens is 370 g/mol. The Kier molecular flexibility index (Phi) is 5.44. The number of aryl methyl sites for hydroxylation is 1. The number of anilines is 3. The van der Waals surface area contributed by atoms with E-state index in [1.807, 2.05) is 12.1 Å². The Balaban J connectivity index is 1.72. The van der Waals surface area contributed by atoms with Crippen LogP contribution in [0.5, 0.6) is 0 Å². The SMILES string of the molecule is CCc1ccc(Nc2ccc(NS(=O)(=O)c3ccccc3Cl)nc2)cc1. The minimum absolute atomic E-state index is 0.0154. The molecule has 7 heteroatoms. The van der Waals surface area contributed by atoms with Gasteiger partial charge in [0.05, 0.1) is 16.9 Å². The fraction of sp³-hybridized carbons (Fsp3) is 0.105. The number of aromatic nitrogens is 1. The second-order valence-corrected chi connectivity index (χ2v) is 7.70. The van der Waals surface area contributed by atoms with Crippen LogP contribution in [0.4, 0.5) is 17.2 Å². The summed E-state index contributed by atoms with van der Waals surface area (Å²) in [6.07, 6.45) is 2.56. The van der Waals surface area contributed by atoms with Crippen LogP contribution < -0.4 is 10.0 Å². The molecular formula is C19H18ClN3O2S. The number of pyridine rings is 1. The lowest BCUT2D eigenvalue weighted by molar-refractivity contribution is 0.601. The summed E-state index contributed by atoms with van der Waals surface area (Å²) in [5.41, 5.74) is 2.96. The average molecular weight is 388 g/mol. The zero-order valence-electron chi connectivity index (χ0n) is 14.1. The maximum absolute atomic E-state index is 12.4. The van der Waals surface area contributed by atoms with E-state index in [4.69, 9.17) is 11.6 Å². The monoisotopic (exact) mass is 387 g/mol. The number of hydrogen-bond acceptors (Lipinski definition) is 4. The molecule has 3 aromatic rings. The summed E-state index contributed by atoms with van der Waals surface area (Å²) in [6.45, 7) is 2.11. The van der Waals surface area contributed by atoms with Crippen LogP contribution >= 0.6 is 11.6 Å². The van der Waals surface area contributed by atoms with Crippen LogP contribution in [0, 0.1) is 0 Å². The summed E-state index contributed by atoms with van der Waals surface area (Å²) < 4.78 is 27.2. The molecule has 0 saturated carbocycles. The number of nitrogens with zero attached hydrogens (tertiary/aromatic N) is 1. The molecule has 3 rings (SSSR count). The topological polar surface area (TPSA) is 71.1 Å². The third kappa shape index (κ3) is 4.33. The van der Waals surface area contributed by atoms with Gasteiger partial charge in [-0.25, -0.2) is 13.4 Å². The molecule has 0 spiro atoms. The lowest BCUT2D eigenvalue weighted by Gasteiger charge is -2.10. The van der Waals surface area contributed by atoms with Gasteiger partial charge in [-0.15, -0.1) is 0 Å². The van der Waals surface area contributed by atoms with Gasteiger partial charge in [-0.05, 0) is 48.4 Å². The van der Waals surface area contributed by atoms with E-state index in [2.05, 4.69) is 34.1 Å². The Morgan fingerprint density at radius 2 is 1.65 bits per heavy atom. The molecule has 1 heterocycles. The van der Waals surface area contributed by atoms with Crippen LogP contribution in [-0.2, 0) is 16.4 Å². The van der Waals surface area contributed by atoms with Gasteiger partial charge in [0, 0.05) is 5.69 Å². The van der Waals surface area contributed by atoms with Crippen molar-refractivity contribution in [1.29, 1.82) is 0 Å². The smallest absolute Gasteiger partial charge is 0.264 e. The van der Waals surface area contributed by atoms with Crippen molar-refractivity contribution in [3.63, 3.8) is 0 Å². The van der Waals surface area contributed by atoms with Crippen molar-refractivity contribution in [3.8, 4) is 0 Å². The van der Waals surface area contributed by atoms with E-state index in [1.54, 1.807) is 30.5 Å². The van der Waals surface area contributed by atoms with Crippen molar-refractivity contribution in [3.05, 3.63) is 77.4 Å². The van der Waals surface area contributed by atoms with Crippen molar-refractivity contribution >= 4 is 38.8 Å². The molecule has 0 aliphatic rings. The second-order valence-electron chi connectivity index (χ2n) is 5.64. The van der Waals surface area contributed by atoms with Crippen LogP contribution in [0.3, 0.4) is 0 Å². The molecule has 5 nitrogen and oxygen atoms in total. The van der Waals surface area contributed by atoms with E-state index in [0.29, 0.717) is 0 Å². The Labute approximate surface area is 158 Å². The molecule has 134 valence electrons. The van der Waals surface area contributed by atoms with Gasteiger partial charge in [-0.2, -0.15) is 0 Å². The van der Waals surface area contributed by atoms with Crippen molar-refractivity contribution in [2.24, 2.45) is 0 Å². The largest absolute Gasteiger partial charge is 0.354 e. The highest BCUT2D eigenvalue weighted by Gasteiger charge is 2.17. The molecule has 0 aliphatic carbocycles. The Hall–Kier alpha value is -2.57. The number of rotatable bonds is 6. The Bertz CT molecular complexity index is 988. The Morgan fingerprint density at radius 1 is 0.962 bits per heavy atom. The van der Waals surface area contributed by atoms with Crippen LogP contribution in [0.2, 0.25) is 5.02 Å². The predicted molar refractivity (Wildman–Crippen MR) is 106 cm³/mol. The lowest BCUT2D eigenvalue weighted by atomic mass is 10.1. The Morgan fingerprint density at radius 3 is 2.27 bits per heavy atom. The van der Waals surface area contributed by atoms with Crippen LogP contribution in [0.25, 0.3) is 0 Å². The molecule has 0 bridgehead atoms. The first-order chi connectivity index (χ1) is 12.5. The molecule has 0 saturated heterocycles. The summed E-state index contributed by atoms with van der Waals surface area (Å²) >= 11 is 5.96. The molecule has 26 heavy (non-hydrogen) atoms. The van der Waals surface area contributed by atoms with Gasteiger partial charge in [0.25, 0.3) is 10.0 Å². The van der Waals surface area contributed by atoms with Gasteiger partial charge < -0.3 is 5.32 Å². The molecule has 0 fully saturated rings. The predicted octanol–water partition coefficient (Wildman–Crippen LogP) is 4.84. The van der Waals surface area contributed by atoms with Crippen molar-refractivity contribution in [1.82, 2.24) is 4.98 Å². The van der Waals surface area contributed by atoms with Crippen LogP contribution in [0.1, 0.15) is 12.5 Å². The minimum atomic E-state index is -3.79. The van der Waals surface area contributed by atoms with E-state index >= 15 is 0 Å². The molecule has 0 aliphatic heterocycles. The summed E-state index contributed by atoms with van der Waals surface area (Å²) in [6, 6.07) is 17.7. The molecule has 0 unspecified atom stereocenters. The summed E-state index contributed by atoms with van der Waals surface area (Å²) in [5.74, 6) is 0.219. The molecule has 0 atom stereocenters. The first-order valence-corrected chi connectivity index (χ1v) is 9.93.